The van der Waals surface area contributed by atoms with Gasteiger partial charge in [-0.1, -0.05) is 345 Å². The maximum Gasteiger partial charge on any atom is 3.00 e. The summed E-state index contributed by atoms with van der Waals surface area (Å²) >= 11 is 0. The number of benzene rings is 6. The summed E-state index contributed by atoms with van der Waals surface area (Å²) in [6, 6.07) is 44.2. The maximum absolute atomic E-state index is 12.7. The molecule has 573 valence electrons. The molecule has 0 spiro atoms. The fourth-order valence-electron chi connectivity index (χ4n) is 13.0. The third-order valence-electron chi connectivity index (χ3n) is 19.6. The van der Waals surface area contributed by atoms with Gasteiger partial charge in [0.2, 0.25) is 22.8 Å². The topological polar surface area (TPSA) is 148 Å². The fraction of sp³-hybridized carbons (Fsp3) is 0.600. The van der Waals surface area contributed by atoms with Crippen molar-refractivity contribution in [3.05, 3.63) is 179 Å². The van der Waals surface area contributed by atoms with Crippen molar-refractivity contribution in [2.45, 2.75) is 350 Å². The zero-order chi connectivity index (χ0) is 73.5. The summed E-state index contributed by atoms with van der Waals surface area (Å²) in [5.74, 6) is 1.15. The first-order chi connectivity index (χ1) is 49.6. The van der Waals surface area contributed by atoms with Gasteiger partial charge in [0.15, 0.2) is 0 Å². The van der Waals surface area contributed by atoms with Crippen LogP contribution in [0.1, 0.15) is 345 Å². The molecule has 0 aliphatic heterocycles. The molecule has 0 saturated carbocycles. The molecule has 0 aromatic heterocycles. The van der Waals surface area contributed by atoms with E-state index in [9.17, 15) is 28.4 Å². The Morgan fingerprint density at radius 1 is 0.204 bits per heavy atom. The van der Waals surface area contributed by atoms with Crippen molar-refractivity contribution in [3.8, 4) is 17.2 Å². The van der Waals surface area contributed by atoms with Crippen molar-refractivity contribution in [1.82, 2.24) is 0 Å². The van der Waals surface area contributed by atoms with E-state index in [4.69, 9.17) is 13.6 Å². The van der Waals surface area contributed by atoms with Gasteiger partial charge in [-0.25, -0.2) is 0 Å². The molecule has 0 fully saturated rings. The second-order valence-corrected chi connectivity index (χ2v) is 34.0. The minimum atomic E-state index is -4.14. The first-order valence-corrected chi connectivity index (χ1v) is 45.8. The van der Waals surface area contributed by atoms with Gasteiger partial charge >= 0.3 is 17.4 Å². The fourth-order valence-corrected chi connectivity index (χ4v) is 16.0. The number of hydrogen-bond acceptors (Lipinski definition) is 9. The summed E-state index contributed by atoms with van der Waals surface area (Å²) in [6.07, 6.45) is 60.1. The van der Waals surface area contributed by atoms with Gasteiger partial charge in [0.25, 0.3) is 0 Å². The zero-order valence-electron chi connectivity index (χ0n) is 65.2. The third kappa shape index (κ3) is 44.0. The maximum atomic E-state index is 12.7. The average Bonchev–Trinajstić information content (AvgIpc) is 0.842. The first kappa shape index (κ1) is 93.0. The summed E-state index contributed by atoms with van der Waals surface area (Å²) in [6.45, 7) is 13.4. The van der Waals surface area contributed by atoms with Gasteiger partial charge in [0.1, 0.15) is 17.2 Å². The van der Waals surface area contributed by atoms with Crippen LogP contribution in [0.4, 0.5) is 0 Å². The second kappa shape index (κ2) is 58.9. The predicted molar refractivity (Wildman–Crippen MR) is 432 cm³/mol. The minimum absolute atomic E-state index is 0. The Morgan fingerprint density at radius 3 is 0.476 bits per heavy atom. The van der Waals surface area contributed by atoms with Crippen molar-refractivity contribution in [2.24, 2.45) is 0 Å². The van der Waals surface area contributed by atoms with E-state index >= 15 is 0 Å². The molecule has 13 heteroatoms. The molecule has 0 heterocycles. The Kier molecular flexibility index (Phi) is 53.2. The van der Waals surface area contributed by atoms with Crippen LogP contribution in [-0.2, 0) is 69.6 Å². The molecule has 3 atom stereocenters. The van der Waals surface area contributed by atoms with Gasteiger partial charge in [-0.15, -0.1) is 0 Å². The number of aryl methyl sites for hydroxylation is 6. The van der Waals surface area contributed by atoms with E-state index < -0.39 is 22.8 Å². The van der Waals surface area contributed by atoms with Crippen LogP contribution in [0.5, 0.6) is 17.2 Å². The Hall–Kier alpha value is -4.18. The van der Waals surface area contributed by atoms with Crippen LogP contribution in [0, 0.1) is 0 Å². The summed E-state index contributed by atoms with van der Waals surface area (Å²) in [7, 11) is -12.4. The van der Waals surface area contributed by atoms with E-state index in [1.165, 1.54) is 284 Å². The van der Waals surface area contributed by atoms with Gasteiger partial charge in [0.05, 0.1) is 0 Å². The SMILES string of the molecule is CCCCCCCCCc1ccc(OP(=O)([O-])c2ccc(CCCCCCCCC)cc2)cc1.CCCCCCCCCc1ccc(OP(=O)([O-])c2ccc(CCCCCCCCC)cc2)cc1.CCCCCCCCCc1ccc(OP(=O)([O-])c2ccc(CCCCCCCCC)cc2)cc1.[Cr+3]. The number of hydrogen-bond donors (Lipinski definition) is 0. The van der Waals surface area contributed by atoms with Crippen LogP contribution in [-0.4, -0.2) is 0 Å². The average molecular weight is 1510 g/mol. The van der Waals surface area contributed by atoms with Crippen molar-refractivity contribution >= 4 is 38.7 Å². The summed E-state index contributed by atoms with van der Waals surface area (Å²) in [4.78, 5) is 38.1. The summed E-state index contributed by atoms with van der Waals surface area (Å²) < 4.78 is 54.3. The summed E-state index contributed by atoms with van der Waals surface area (Å²) in [5, 5.41) is 0.717. The van der Waals surface area contributed by atoms with Gasteiger partial charge in [-0.3, -0.25) is 13.7 Å². The van der Waals surface area contributed by atoms with Crippen molar-refractivity contribution in [2.75, 3.05) is 0 Å². The first-order valence-electron chi connectivity index (χ1n) is 41.2. The number of unbranched alkanes of at least 4 members (excludes halogenated alkanes) is 36. The van der Waals surface area contributed by atoms with Crippen molar-refractivity contribution in [3.63, 3.8) is 0 Å². The Balaban J connectivity index is 0.000000399. The summed E-state index contributed by atoms with van der Waals surface area (Å²) in [5.41, 5.74) is 7.26. The second-order valence-electron chi connectivity index (χ2n) is 28.9. The monoisotopic (exact) mass is 1510 g/mol. The van der Waals surface area contributed by atoms with E-state index in [0.717, 1.165) is 57.8 Å². The molecule has 1 radical (unpaired) electrons. The van der Waals surface area contributed by atoms with E-state index in [1.54, 1.807) is 72.8 Å². The molecule has 0 saturated heterocycles. The smallest absolute Gasteiger partial charge is 0.765 e. The van der Waals surface area contributed by atoms with Crippen LogP contribution in [0.15, 0.2) is 146 Å². The molecule has 0 aliphatic rings. The Bertz CT molecular complexity index is 2790. The molecule has 6 aromatic carbocycles. The molecular formula is C90H138CrO9P3. The molecular weight excluding hydrogens is 1370 g/mol. The third-order valence-corrected chi connectivity index (χ3v) is 23.8. The molecule has 103 heavy (non-hydrogen) atoms. The molecule has 0 bridgehead atoms. The number of rotatable bonds is 57. The van der Waals surface area contributed by atoms with E-state index in [0.29, 0.717) is 17.2 Å². The standard InChI is InChI=1S/3C30H47O3P.Cr/c3*1-3-5-7-9-11-13-15-17-27-19-23-29(24-20-27)33-34(31,32)30-25-21-28(22-26-30)18-16-14-12-10-8-6-4-2;/h3*19-26H,3-18H2,1-2H3,(H,31,32);/q;;;+3/p-3. The van der Waals surface area contributed by atoms with E-state index in [2.05, 4.69) is 41.5 Å². The van der Waals surface area contributed by atoms with Crippen LogP contribution < -0.4 is 44.2 Å². The van der Waals surface area contributed by atoms with Crippen LogP contribution >= 0.6 is 22.8 Å². The van der Waals surface area contributed by atoms with Gasteiger partial charge < -0.3 is 28.3 Å². The largest absolute Gasteiger partial charge is 3.00 e. The normalized spacial score (nSPS) is 12.9. The van der Waals surface area contributed by atoms with Crippen LogP contribution in [0.2, 0.25) is 0 Å². The molecule has 0 amide bonds. The van der Waals surface area contributed by atoms with Crippen LogP contribution in [0.25, 0.3) is 0 Å². The Morgan fingerprint density at radius 2 is 0.330 bits per heavy atom. The molecule has 3 unspecified atom stereocenters. The van der Waals surface area contributed by atoms with Crippen molar-refractivity contribution < 1.29 is 59.3 Å². The van der Waals surface area contributed by atoms with Gasteiger partial charge in [-0.2, -0.15) is 0 Å². The molecule has 0 aliphatic carbocycles. The molecule has 9 nitrogen and oxygen atoms in total. The van der Waals surface area contributed by atoms with Crippen molar-refractivity contribution in [1.29, 1.82) is 0 Å². The Labute approximate surface area is 639 Å². The van der Waals surface area contributed by atoms with E-state index in [-0.39, 0.29) is 33.3 Å². The van der Waals surface area contributed by atoms with Gasteiger partial charge in [0, 0.05) is 15.9 Å². The quantitative estimate of drug-likeness (QED) is 0.0269. The van der Waals surface area contributed by atoms with Crippen LogP contribution in [0.3, 0.4) is 0 Å². The predicted octanol–water partition coefficient (Wildman–Crippen LogP) is 25.6. The molecule has 6 aromatic rings. The molecule has 6 rings (SSSR count). The van der Waals surface area contributed by atoms with Gasteiger partial charge in [-0.05, 0) is 183 Å². The minimum Gasteiger partial charge on any atom is -0.765 e. The molecule has 0 N–H and O–H groups in total. The van der Waals surface area contributed by atoms with E-state index in [1.807, 2.05) is 72.8 Å². The zero-order valence-corrected chi connectivity index (χ0v) is 69.2.